The summed E-state index contributed by atoms with van der Waals surface area (Å²) in [5, 5.41) is 2.76. The second kappa shape index (κ2) is 8.99. The highest BCUT2D eigenvalue weighted by Crippen LogP contribution is 2.29. The Morgan fingerprint density at radius 3 is 2.64 bits per heavy atom. The fourth-order valence-electron chi connectivity index (χ4n) is 3.17. The molecule has 8 nitrogen and oxygen atoms in total. The first-order valence-corrected chi connectivity index (χ1v) is 11.6. The molecule has 0 unspecified atom stereocenters. The Bertz CT molecular complexity index is 1420. The Hall–Kier alpha value is -3.79. The van der Waals surface area contributed by atoms with Gasteiger partial charge in [-0.3, -0.25) is 9.20 Å². The molecule has 0 bridgehead atoms. The molecule has 1 amide bonds. The summed E-state index contributed by atoms with van der Waals surface area (Å²) in [6, 6.07) is 9.93. The van der Waals surface area contributed by atoms with E-state index in [1.165, 1.54) is 36.5 Å². The number of aromatic nitrogens is 3. The summed E-state index contributed by atoms with van der Waals surface area (Å²) in [5.41, 5.74) is 1.04. The highest BCUT2D eigenvalue weighted by Gasteiger charge is 2.24. The Morgan fingerprint density at radius 1 is 1.15 bits per heavy atom. The molecule has 10 heteroatoms. The minimum atomic E-state index is -4.09. The van der Waals surface area contributed by atoms with Crippen LogP contribution in [-0.2, 0) is 16.4 Å². The molecule has 2 aromatic heterocycles. The van der Waals surface area contributed by atoms with Crippen LogP contribution in [-0.4, -0.2) is 34.8 Å². The summed E-state index contributed by atoms with van der Waals surface area (Å²) < 4.78 is 47.7. The van der Waals surface area contributed by atoms with Crippen LogP contribution in [0.4, 0.5) is 4.39 Å². The predicted molar refractivity (Wildman–Crippen MR) is 118 cm³/mol. The first-order valence-electron chi connectivity index (χ1n) is 10.1. The lowest BCUT2D eigenvalue weighted by molar-refractivity contribution is 0.0950. The summed E-state index contributed by atoms with van der Waals surface area (Å²) in [6.45, 7) is 3.63. The van der Waals surface area contributed by atoms with E-state index in [-0.39, 0.29) is 29.2 Å². The maximum Gasteiger partial charge on any atom is 0.254 e. The van der Waals surface area contributed by atoms with Crippen molar-refractivity contribution in [3.8, 4) is 5.75 Å². The zero-order valence-corrected chi connectivity index (χ0v) is 18.7. The van der Waals surface area contributed by atoms with Crippen molar-refractivity contribution in [1.82, 2.24) is 19.7 Å². The number of nitrogens with zero attached hydrogens (tertiary/aromatic N) is 3. The van der Waals surface area contributed by atoms with Gasteiger partial charge in [-0.2, -0.15) is 0 Å². The van der Waals surface area contributed by atoms with Crippen LogP contribution in [0.3, 0.4) is 0 Å². The van der Waals surface area contributed by atoms with Gasteiger partial charge >= 0.3 is 0 Å². The number of carbonyl (C=O) groups excluding carboxylic acids is 1. The van der Waals surface area contributed by atoms with E-state index in [2.05, 4.69) is 15.3 Å². The number of fused-ring (bicyclic) bond motifs is 1. The van der Waals surface area contributed by atoms with Crippen molar-refractivity contribution in [3.05, 3.63) is 84.2 Å². The van der Waals surface area contributed by atoms with E-state index in [0.717, 1.165) is 0 Å². The van der Waals surface area contributed by atoms with Crippen LogP contribution >= 0.6 is 0 Å². The molecule has 0 aliphatic heterocycles. The van der Waals surface area contributed by atoms with Crippen molar-refractivity contribution in [3.63, 3.8) is 0 Å². The van der Waals surface area contributed by atoms with Crippen molar-refractivity contribution in [1.29, 1.82) is 0 Å². The average molecular weight is 469 g/mol. The SMILES string of the molecule is CC(C)Oc1cccc(S(=O)(=O)c2ccc(CNC(=O)c3cnc4nccn4c3)cc2)c1F. The van der Waals surface area contributed by atoms with Crippen molar-refractivity contribution < 1.29 is 22.3 Å². The molecular formula is C23H21FN4O4S. The first-order chi connectivity index (χ1) is 15.8. The Labute approximate surface area is 190 Å². The van der Waals surface area contributed by atoms with E-state index in [1.807, 2.05) is 0 Å². The maximum atomic E-state index is 14.8. The molecule has 0 spiro atoms. The molecule has 0 saturated carbocycles. The number of hydrogen-bond donors (Lipinski definition) is 1. The number of carbonyl (C=O) groups is 1. The van der Waals surface area contributed by atoms with Crippen LogP contribution in [0.25, 0.3) is 5.78 Å². The third-order valence-electron chi connectivity index (χ3n) is 4.77. The number of imidazole rings is 1. The van der Waals surface area contributed by atoms with E-state index >= 15 is 0 Å². The zero-order valence-electron chi connectivity index (χ0n) is 17.9. The zero-order chi connectivity index (χ0) is 23.6. The van der Waals surface area contributed by atoms with Gasteiger partial charge in [-0.25, -0.2) is 22.8 Å². The molecule has 2 heterocycles. The lowest BCUT2D eigenvalue weighted by Crippen LogP contribution is -2.23. The number of rotatable bonds is 7. The maximum absolute atomic E-state index is 14.8. The van der Waals surface area contributed by atoms with E-state index in [1.54, 1.807) is 49.0 Å². The van der Waals surface area contributed by atoms with E-state index in [4.69, 9.17) is 4.74 Å². The van der Waals surface area contributed by atoms with Gasteiger partial charge < -0.3 is 10.1 Å². The molecule has 170 valence electrons. The van der Waals surface area contributed by atoms with Crippen molar-refractivity contribution in [2.24, 2.45) is 0 Å². The molecule has 0 fully saturated rings. The molecule has 0 aliphatic carbocycles. The molecular weight excluding hydrogens is 447 g/mol. The van der Waals surface area contributed by atoms with Crippen molar-refractivity contribution in [2.75, 3.05) is 0 Å². The molecule has 33 heavy (non-hydrogen) atoms. The third-order valence-corrected chi connectivity index (χ3v) is 6.56. The van der Waals surface area contributed by atoms with Gasteiger partial charge in [0.25, 0.3) is 5.91 Å². The fourth-order valence-corrected chi connectivity index (χ4v) is 4.52. The number of benzene rings is 2. The number of ether oxygens (including phenoxy) is 1. The van der Waals surface area contributed by atoms with Gasteiger partial charge in [-0.15, -0.1) is 0 Å². The van der Waals surface area contributed by atoms with Gasteiger partial charge in [0.2, 0.25) is 15.6 Å². The van der Waals surface area contributed by atoms with E-state index in [9.17, 15) is 17.6 Å². The number of halogens is 1. The van der Waals surface area contributed by atoms with Crippen LogP contribution in [0.2, 0.25) is 0 Å². The van der Waals surface area contributed by atoms with Gasteiger partial charge in [0, 0.05) is 31.3 Å². The summed E-state index contributed by atoms with van der Waals surface area (Å²) in [7, 11) is -4.09. The van der Waals surface area contributed by atoms with Gasteiger partial charge in [-0.05, 0) is 43.7 Å². The number of hydrogen-bond acceptors (Lipinski definition) is 6. The van der Waals surface area contributed by atoms with Gasteiger partial charge in [0.15, 0.2) is 11.6 Å². The third kappa shape index (κ3) is 4.70. The standard InChI is InChI=1S/C23H21FN4O4S/c1-15(2)32-19-4-3-5-20(21(19)24)33(30,31)18-8-6-16(7-9-18)12-26-22(29)17-13-27-23-25-10-11-28(23)14-17/h3-11,13-15H,12H2,1-2H3,(H,26,29). The smallest absolute Gasteiger partial charge is 0.254 e. The van der Waals surface area contributed by atoms with Gasteiger partial charge in [-0.1, -0.05) is 18.2 Å². The minimum absolute atomic E-state index is 0.0621. The molecule has 0 atom stereocenters. The average Bonchev–Trinajstić information content (AvgIpc) is 3.26. The van der Waals surface area contributed by atoms with Gasteiger partial charge in [0.05, 0.1) is 16.6 Å². The van der Waals surface area contributed by atoms with Crippen LogP contribution in [0.1, 0.15) is 29.8 Å². The molecule has 0 radical (unpaired) electrons. The molecule has 0 aliphatic rings. The fraction of sp³-hybridized carbons (Fsp3) is 0.174. The summed E-state index contributed by atoms with van der Waals surface area (Å²) in [5.74, 6) is -0.889. The van der Waals surface area contributed by atoms with Crippen LogP contribution in [0.5, 0.6) is 5.75 Å². The molecule has 1 N–H and O–H groups in total. The van der Waals surface area contributed by atoms with Crippen LogP contribution < -0.4 is 10.1 Å². The second-order valence-electron chi connectivity index (χ2n) is 7.54. The van der Waals surface area contributed by atoms with Crippen molar-refractivity contribution >= 4 is 21.5 Å². The van der Waals surface area contributed by atoms with Crippen LogP contribution in [0.15, 0.2) is 77.0 Å². The topological polar surface area (TPSA) is 103 Å². The van der Waals surface area contributed by atoms with Gasteiger partial charge in [0.1, 0.15) is 4.90 Å². The summed E-state index contributed by atoms with van der Waals surface area (Å²) in [6.07, 6.45) is 6.01. The number of nitrogens with one attached hydrogen (secondary N) is 1. The highest BCUT2D eigenvalue weighted by atomic mass is 32.2. The number of amides is 1. The monoisotopic (exact) mass is 468 g/mol. The number of sulfone groups is 1. The second-order valence-corrected chi connectivity index (χ2v) is 9.46. The minimum Gasteiger partial charge on any atom is -0.488 e. The lowest BCUT2D eigenvalue weighted by atomic mass is 10.2. The van der Waals surface area contributed by atoms with Crippen molar-refractivity contribution in [2.45, 2.75) is 36.3 Å². The Balaban J connectivity index is 1.48. The first kappa shape index (κ1) is 22.4. The normalized spacial score (nSPS) is 11.6. The van der Waals surface area contributed by atoms with E-state index in [0.29, 0.717) is 16.9 Å². The summed E-state index contributed by atoms with van der Waals surface area (Å²) >= 11 is 0. The Kier molecular flexibility index (Phi) is 6.10. The predicted octanol–water partition coefficient (Wildman–Crippen LogP) is 3.42. The largest absolute Gasteiger partial charge is 0.488 e. The summed E-state index contributed by atoms with van der Waals surface area (Å²) in [4.78, 5) is 20.0. The quantitative estimate of drug-likeness (QED) is 0.446. The van der Waals surface area contributed by atoms with E-state index < -0.39 is 20.5 Å². The Morgan fingerprint density at radius 2 is 1.91 bits per heavy atom. The lowest BCUT2D eigenvalue weighted by Gasteiger charge is -2.13. The molecule has 0 saturated heterocycles. The molecule has 4 rings (SSSR count). The molecule has 4 aromatic rings. The van der Waals surface area contributed by atoms with Crippen LogP contribution in [0, 0.1) is 5.82 Å². The highest BCUT2D eigenvalue weighted by molar-refractivity contribution is 7.91. The molecule has 2 aromatic carbocycles.